The quantitative estimate of drug-likeness (QED) is 0.0979. The molecule has 2 aliphatic rings. The van der Waals surface area contributed by atoms with Crippen LogP contribution in [0.25, 0.3) is 0 Å². The highest BCUT2D eigenvalue weighted by molar-refractivity contribution is 5.91. The summed E-state index contributed by atoms with van der Waals surface area (Å²) in [6, 6.07) is 26.0. The molecule has 4 unspecified atom stereocenters. The number of nitrogens with one attached hydrogen (secondary N) is 2. The molecule has 14 nitrogen and oxygen atoms in total. The van der Waals surface area contributed by atoms with Gasteiger partial charge in [-0.05, 0) is 24.3 Å². The number of carbonyl (C=O) groups is 2. The number of benzene rings is 4. The number of nitrogens with zero attached hydrogens (tertiary/aromatic N) is 2. The van der Waals surface area contributed by atoms with Gasteiger partial charge in [0, 0.05) is 71.8 Å². The molecule has 0 saturated carbocycles. The average Bonchev–Trinajstić information content (AvgIpc) is 3.10. The Morgan fingerprint density at radius 1 is 0.583 bits per heavy atom. The van der Waals surface area contributed by atoms with Gasteiger partial charge in [-0.15, -0.1) is 0 Å². The van der Waals surface area contributed by atoms with Crippen molar-refractivity contribution in [3.63, 3.8) is 0 Å². The van der Waals surface area contributed by atoms with Crippen LogP contribution in [0.15, 0.2) is 109 Å². The fourth-order valence-electron chi connectivity index (χ4n) is 5.44. The molecule has 14 heteroatoms. The molecule has 2 heterocycles. The first-order valence-corrected chi connectivity index (χ1v) is 14.8. The number of ether oxygens (including phenoxy) is 4. The normalized spacial score (nSPS) is 19.8. The van der Waals surface area contributed by atoms with Crippen LogP contribution in [0.5, 0.6) is 11.5 Å². The van der Waals surface area contributed by atoms with Crippen molar-refractivity contribution in [2.45, 2.75) is 24.7 Å². The van der Waals surface area contributed by atoms with Gasteiger partial charge < -0.3 is 18.9 Å². The van der Waals surface area contributed by atoms with Crippen LogP contribution < -0.4 is 20.1 Å². The first-order valence-electron chi connectivity index (χ1n) is 14.8. The molecule has 0 aliphatic carbocycles. The summed E-state index contributed by atoms with van der Waals surface area (Å²) in [5.74, 6) is -0.659. The van der Waals surface area contributed by atoms with E-state index in [4.69, 9.17) is 18.9 Å². The van der Waals surface area contributed by atoms with Crippen molar-refractivity contribution in [3.05, 3.63) is 152 Å². The maximum atomic E-state index is 12.7. The lowest BCUT2D eigenvalue weighted by molar-refractivity contribution is -0.385. The van der Waals surface area contributed by atoms with E-state index in [0.717, 1.165) is 23.3 Å². The third-order valence-corrected chi connectivity index (χ3v) is 7.70. The standard InChI is InChI=1S/C34H28N4O10/c39-31(47-33-27-7-3-1-5-25(27)29(19-35-33)45-23-13-9-21(10-14-23)37(41)42)17-18-32(40)48-34-28-8-4-2-6-26(28)30(20-36-34)46-24-15-11-22(12-16-24)38(43)44/h1-18,29-30,33-36H,19-20H2/b18-17-. The summed E-state index contributed by atoms with van der Waals surface area (Å²) >= 11 is 0. The fourth-order valence-corrected chi connectivity index (χ4v) is 5.44. The topological polar surface area (TPSA) is 181 Å². The van der Waals surface area contributed by atoms with Crippen molar-refractivity contribution >= 4 is 23.3 Å². The van der Waals surface area contributed by atoms with Crippen LogP contribution in [0.4, 0.5) is 11.4 Å². The Balaban J connectivity index is 1.05. The molecule has 0 saturated heterocycles. The summed E-state index contributed by atoms with van der Waals surface area (Å²) in [5.41, 5.74) is 2.77. The monoisotopic (exact) mass is 652 g/mol. The van der Waals surface area contributed by atoms with E-state index in [9.17, 15) is 29.8 Å². The molecule has 2 N–H and O–H groups in total. The van der Waals surface area contributed by atoms with E-state index in [1.54, 1.807) is 24.3 Å². The van der Waals surface area contributed by atoms with Crippen molar-refractivity contribution in [2.24, 2.45) is 0 Å². The summed E-state index contributed by atoms with van der Waals surface area (Å²) in [7, 11) is 0. The first-order chi connectivity index (χ1) is 23.2. The highest BCUT2D eigenvalue weighted by Crippen LogP contribution is 2.35. The molecule has 4 atom stereocenters. The molecule has 4 aromatic carbocycles. The second kappa shape index (κ2) is 14.1. The molecule has 0 aromatic heterocycles. The number of nitro groups is 2. The Kier molecular flexibility index (Phi) is 9.36. The molecule has 0 spiro atoms. The lowest BCUT2D eigenvalue weighted by atomic mass is 9.97. The van der Waals surface area contributed by atoms with Gasteiger partial charge in [0.05, 0.1) is 9.85 Å². The van der Waals surface area contributed by atoms with E-state index in [-0.39, 0.29) is 24.5 Å². The number of nitro benzene ring substituents is 2. The Bertz CT molecular complexity index is 1730. The van der Waals surface area contributed by atoms with Crippen molar-refractivity contribution < 1.29 is 38.4 Å². The molecule has 6 rings (SSSR count). The van der Waals surface area contributed by atoms with E-state index in [0.29, 0.717) is 22.6 Å². The molecular weight excluding hydrogens is 624 g/mol. The Hall–Kier alpha value is -6.12. The largest absolute Gasteiger partial charge is 0.484 e. The summed E-state index contributed by atoms with van der Waals surface area (Å²) in [5, 5.41) is 28.2. The lowest BCUT2D eigenvalue weighted by Gasteiger charge is -2.32. The zero-order chi connectivity index (χ0) is 33.6. The highest BCUT2D eigenvalue weighted by atomic mass is 16.6. The number of carbonyl (C=O) groups excluding carboxylic acids is 2. The van der Waals surface area contributed by atoms with E-state index >= 15 is 0 Å². The smallest absolute Gasteiger partial charge is 0.332 e. The van der Waals surface area contributed by atoms with E-state index in [1.807, 2.05) is 24.3 Å². The van der Waals surface area contributed by atoms with Gasteiger partial charge >= 0.3 is 11.9 Å². The van der Waals surface area contributed by atoms with Crippen molar-refractivity contribution in [3.8, 4) is 11.5 Å². The van der Waals surface area contributed by atoms with Crippen molar-refractivity contribution in [2.75, 3.05) is 13.1 Å². The number of non-ortho nitro benzene ring substituents is 2. The van der Waals surface area contributed by atoms with E-state index < -0.39 is 46.4 Å². The molecule has 244 valence electrons. The Morgan fingerprint density at radius 2 is 0.938 bits per heavy atom. The number of fused-ring (bicyclic) bond motifs is 2. The van der Waals surface area contributed by atoms with Crippen LogP contribution in [0.2, 0.25) is 0 Å². The van der Waals surface area contributed by atoms with Gasteiger partial charge in [-0.1, -0.05) is 48.5 Å². The highest BCUT2D eigenvalue weighted by Gasteiger charge is 2.31. The van der Waals surface area contributed by atoms with Gasteiger partial charge in [-0.3, -0.25) is 30.9 Å². The van der Waals surface area contributed by atoms with E-state index in [2.05, 4.69) is 10.6 Å². The third-order valence-electron chi connectivity index (χ3n) is 7.70. The number of esters is 2. The van der Waals surface area contributed by atoms with Crippen molar-refractivity contribution in [1.29, 1.82) is 0 Å². The molecule has 4 aromatic rings. The first kappa shape index (κ1) is 31.8. The van der Waals surface area contributed by atoms with Gasteiger partial charge in [0.25, 0.3) is 11.4 Å². The van der Waals surface area contributed by atoms with Crippen LogP contribution in [-0.4, -0.2) is 34.9 Å². The van der Waals surface area contributed by atoms with Crippen LogP contribution in [0.1, 0.15) is 46.9 Å². The maximum absolute atomic E-state index is 12.7. The zero-order valence-electron chi connectivity index (χ0n) is 25.1. The summed E-state index contributed by atoms with van der Waals surface area (Å²) < 4.78 is 23.3. The van der Waals surface area contributed by atoms with Crippen LogP contribution >= 0.6 is 0 Å². The predicted octanol–water partition coefficient (Wildman–Crippen LogP) is 5.29. The minimum Gasteiger partial charge on any atom is -0.484 e. The number of rotatable bonds is 10. The molecule has 0 fully saturated rings. The van der Waals surface area contributed by atoms with Gasteiger partial charge in [0.1, 0.15) is 23.7 Å². The van der Waals surface area contributed by atoms with E-state index in [1.165, 1.54) is 48.5 Å². The average molecular weight is 653 g/mol. The zero-order valence-corrected chi connectivity index (χ0v) is 25.1. The molecular formula is C34H28N4O10. The van der Waals surface area contributed by atoms with Crippen molar-refractivity contribution in [1.82, 2.24) is 10.6 Å². The predicted molar refractivity (Wildman–Crippen MR) is 169 cm³/mol. The Morgan fingerprint density at radius 3 is 1.29 bits per heavy atom. The third kappa shape index (κ3) is 7.30. The maximum Gasteiger partial charge on any atom is 0.332 e. The molecule has 0 bridgehead atoms. The fraction of sp³-hybridized carbons (Fsp3) is 0.176. The van der Waals surface area contributed by atoms with Gasteiger partial charge in [0.15, 0.2) is 12.5 Å². The van der Waals surface area contributed by atoms with Crippen LogP contribution in [0.3, 0.4) is 0 Å². The van der Waals surface area contributed by atoms with Crippen LogP contribution in [-0.2, 0) is 19.1 Å². The minimum atomic E-state index is -0.814. The van der Waals surface area contributed by atoms with Crippen LogP contribution in [0, 0.1) is 20.2 Å². The number of hydrogen-bond acceptors (Lipinski definition) is 12. The van der Waals surface area contributed by atoms with Gasteiger partial charge in [-0.25, -0.2) is 9.59 Å². The number of hydrogen-bond donors (Lipinski definition) is 2. The second-order valence-electron chi connectivity index (χ2n) is 10.8. The Labute approximate surface area is 273 Å². The van der Waals surface area contributed by atoms with Gasteiger partial charge in [0.2, 0.25) is 0 Å². The summed E-state index contributed by atoms with van der Waals surface area (Å²) in [6.07, 6.45) is -0.555. The SMILES string of the molecule is O=C(/C=C\C(=O)OC1NCC(Oc2ccc([N+](=O)[O-])cc2)c2ccccc21)OC1NCC(Oc2ccc([N+](=O)[O-])cc2)c2ccccc21. The molecule has 0 radical (unpaired) electrons. The molecule has 0 amide bonds. The minimum absolute atomic E-state index is 0.0478. The summed E-state index contributed by atoms with van der Waals surface area (Å²) in [4.78, 5) is 46.4. The van der Waals surface area contributed by atoms with Gasteiger partial charge in [-0.2, -0.15) is 0 Å². The molecule has 48 heavy (non-hydrogen) atoms. The summed E-state index contributed by atoms with van der Waals surface area (Å²) in [6.45, 7) is 0.554. The molecule has 2 aliphatic heterocycles. The second-order valence-corrected chi connectivity index (χ2v) is 10.8. The lowest BCUT2D eigenvalue weighted by Crippen LogP contribution is -2.37.